The molecule has 1 aromatic rings. The van der Waals surface area contributed by atoms with Gasteiger partial charge >= 0.3 is 0 Å². The Morgan fingerprint density at radius 2 is 1.60 bits per heavy atom. The third-order valence-electron chi connectivity index (χ3n) is 3.28. The van der Waals surface area contributed by atoms with Crippen LogP contribution in [0.2, 0.25) is 0 Å². The zero-order valence-electron chi connectivity index (χ0n) is 8.85. The molecule has 80 valence electrons. The molecule has 1 aromatic carbocycles. The van der Waals surface area contributed by atoms with Crippen LogP contribution in [-0.4, -0.2) is 10.2 Å². The standard InChI is InChI=1S/C13H16O2/c1-9(10-5-3-2-4-6-10)11-7-12(14)13(15)8-11/h2-6,9,11,14-15H,7-8H2,1H3. The van der Waals surface area contributed by atoms with E-state index in [-0.39, 0.29) is 11.5 Å². The van der Waals surface area contributed by atoms with Gasteiger partial charge in [0.1, 0.15) is 11.5 Å². The zero-order valence-corrected chi connectivity index (χ0v) is 8.85. The Hall–Kier alpha value is -1.44. The molecule has 0 radical (unpaired) electrons. The van der Waals surface area contributed by atoms with Crippen molar-refractivity contribution in [3.05, 3.63) is 47.4 Å². The van der Waals surface area contributed by atoms with E-state index in [1.165, 1.54) is 5.56 Å². The largest absolute Gasteiger partial charge is 0.509 e. The fourth-order valence-corrected chi connectivity index (χ4v) is 2.19. The van der Waals surface area contributed by atoms with Crippen molar-refractivity contribution < 1.29 is 10.2 Å². The van der Waals surface area contributed by atoms with Crippen molar-refractivity contribution in [2.75, 3.05) is 0 Å². The molecule has 0 bridgehead atoms. The molecular weight excluding hydrogens is 188 g/mol. The molecule has 0 saturated carbocycles. The summed E-state index contributed by atoms with van der Waals surface area (Å²) in [5, 5.41) is 18.8. The van der Waals surface area contributed by atoms with E-state index in [4.69, 9.17) is 0 Å². The summed E-state index contributed by atoms with van der Waals surface area (Å²) in [7, 11) is 0. The first kappa shape index (κ1) is 10.1. The molecule has 0 spiro atoms. The molecule has 2 nitrogen and oxygen atoms in total. The number of hydrogen-bond acceptors (Lipinski definition) is 2. The minimum absolute atomic E-state index is 0.169. The van der Waals surface area contributed by atoms with E-state index in [1.807, 2.05) is 18.2 Å². The highest BCUT2D eigenvalue weighted by Gasteiger charge is 2.28. The molecule has 15 heavy (non-hydrogen) atoms. The quantitative estimate of drug-likeness (QED) is 0.773. The summed E-state index contributed by atoms with van der Waals surface area (Å²) >= 11 is 0. The van der Waals surface area contributed by atoms with Gasteiger partial charge in [0, 0.05) is 12.8 Å². The smallest absolute Gasteiger partial charge is 0.130 e. The van der Waals surface area contributed by atoms with Crippen LogP contribution in [0.1, 0.15) is 31.2 Å². The van der Waals surface area contributed by atoms with Gasteiger partial charge in [0.05, 0.1) is 0 Å². The average molecular weight is 204 g/mol. The van der Waals surface area contributed by atoms with Crippen molar-refractivity contribution in [3.8, 4) is 0 Å². The monoisotopic (exact) mass is 204 g/mol. The van der Waals surface area contributed by atoms with Crippen molar-refractivity contribution in [1.29, 1.82) is 0 Å². The van der Waals surface area contributed by atoms with Crippen molar-refractivity contribution in [1.82, 2.24) is 0 Å². The van der Waals surface area contributed by atoms with Crippen LogP contribution in [0.3, 0.4) is 0 Å². The summed E-state index contributed by atoms with van der Waals surface area (Å²) in [5.41, 5.74) is 1.27. The first-order chi connectivity index (χ1) is 7.18. The van der Waals surface area contributed by atoms with E-state index in [2.05, 4.69) is 19.1 Å². The highest BCUT2D eigenvalue weighted by atomic mass is 16.3. The number of aliphatic hydroxyl groups excluding tert-OH is 2. The SMILES string of the molecule is CC(c1ccccc1)C1CC(O)=C(O)C1. The van der Waals surface area contributed by atoms with Gasteiger partial charge in [-0.15, -0.1) is 0 Å². The maximum atomic E-state index is 9.39. The van der Waals surface area contributed by atoms with Gasteiger partial charge in [-0.05, 0) is 17.4 Å². The summed E-state index contributed by atoms with van der Waals surface area (Å²) in [5.74, 6) is 1.04. The zero-order chi connectivity index (χ0) is 10.8. The first-order valence-electron chi connectivity index (χ1n) is 5.33. The van der Waals surface area contributed by atoms with Gasteiger partial charge in [0.15, 0.2) is 0 Å². The van der Waals surface area contributed by atoms with Crippen molar-refractivity contribution in [2.45, 2.75) is 25.7 Å². The van der Waals surface area contributed by atoms with Gasteiger partial charge in [-0.1, -0.05) is 37.3 Å². The molecule has 0 aliphatic heterocycles. The van der Waals surface area contributed by atoms with Crippen LogP contribution in [0.4, 0.5) is 0 Å². The predicted molar refractivity (Wildman–Crippen MR) is 59.9 cm³/mol. The molecular formula is C13H16O2. The molecule has 0 heterocycles. The van der Waals surface area contributed by atoms with Gasteiger partial charge in [-0.2, -0.15) is 0 Å². The van der Waals surface area contributed by atoms with Crippen LogP contribution < -0.4 is 0 Å². The van der Waals surface area contributed by atoms with E-state index < -0.39 is 0 Å². The minimum Gasteiger partial charge on any atom is -0.509 e. The van der Waals surface area contributed by atoms with Crippen LogP contribution in [0.25, 0.3) is 0 Å². The van der Waals surface area contributed by atoms with E-state index in [0.717, 1.165) is 0 Å². The highest BCUT2D eigenvalue weighted by molar-refractivity contribution is 5.22. The number of rotatable bonds is 2. The van der Waals surface area contributed by atoms with Crippen LogP contribution >= 0.6 is 0 Å². The lowest BCUT2D eigenvalue weighted by Gasteiger charge is -2.18. The van der Waals surface area contributed by atoms with E-state index >= 15 is 0 Å². The number of allylic oxidation sites excluding steroid dienone is 2. The predicted octanol–water partition coefficient (Wildman–Crippen LogP) is 3.53. The van der Waals surface area contributed by atoms with Gasteiger partial charge in [0.25, 0.3) is 0 Å². The Morgan fingerprint density at radius 3 is 2.13 bits per heavy atom. The van der Waals surface area contributed by atoms with Gasteiger partial charge < -0.3 is 10.2 Å². The summed E-state index contributed by atoms with van der Waals surface area (Å²) in [6.45, 7) is 2.14. The number of aliphatic hydroxyl groups is 2. The normalized spacial score (nSPS) is 19.5. The van der Waals surface area contributed by atoms with Crippen molar-refractivity contribution in [3.63, 3.8) is 0 Å². The molecule has 1 unspecified atom stereocenters. The van der Waals surface area contributed by atoms with E-state index in [1.54, 1.807) is 0 Å². The third kappa shape index (κ3) is 1.99. The summed E-state index contributed by atoms with van der Waals surface area (Å²) in [6, 6.07) is 10.2. The molecule has 0 aromatic heterocycles. The van der Waals surface area contributed by atoms with Crippen molar-refractivity contribution in [2.24, 2.45) is 5.92 Å². The van der Waals surface area contributed by atoms with Crippen LogP contribution in [-0.2, 0) is 0 Å². The Morgan fingerprint density at radius 1 is 1.07 bits per heavy atom. The molecule has 0 fully saturated rings. The molecule has 2 rings (SSSR count). The number of benzene rings is 1. The van der Waals surface area contributed by atoms with E-state index in [0.29, 0.717) is 24.7 Å². The first-order valence-corrected chi connectivity index (χ1v) is 5.33. The summed E-state index contributed by atoms with van der Waals surface area (Å²) in [4.78, 5) is 0. The van der Waals surface area contributed by atoms with Crippen LogP contribution in [0.5, 0.6) is 0 Å². The highest BCUT2D eigenvalue weighted by Crippen LogP contribution is 2.38. The fourth-order valence-electron chi connectivity index (χ4n) is 2.19. The van der Waals surface area contributed by atoms with Gasteiger partial charge in [-0.25, -0.2) is 0 Å². The second-order valence-electron chi connectivity index (χ2n) is 4.26. The second kappa shape index (κ2) is 3.97. The Labute approximate surface area is 89.9 Å². The lowest BCUT2D eigenvalue weighted by atomic mass is 9.86. The average Bonchev–Trinajstić information content (AvgIpc) is 2.59. The van der Waals surface area contributed by atoms with Gasteiger partial charge in [-0.3, -0.25) is 0 Å². The fraction of sp³-hybridized carbons (Fsp3) is 0.385. The van der Waals surface area contributed by atoms with Gasteiger partial charge in [0.2, 0.25) is 0 Å². The molecule has 2 N–H and O–H groups in total. The topological polar surface area (TPSA) is 40.5 Å². The number of hydrogen-bond donors (Lipinski definition) is 2. The Kier molecular flexibility index (Phi) is 2.67. The molecule has 0 amide bonds. The second-order valence-corrected chi connectivity index (χ2v) is 4.26. The molecule has 1 atom stereocenters. The maximum Gasteiger partial charge on any atom is 0.130 e. The van der Waals surface area contributed by atoms with Crippen LogP contribution in [0.15, 0.2) is 41.9 Å². The Balaban J connectivity index is 2.09. The van der Waals surface area contributed by atoms with E-state index in [9.17, 15) is 10.2 Å². The summed E-state index contributed by atoms with van der Waals surface area (Å²) < 4.78 is 0. The Bertz CT molecular complexity index is 353. The maximum absolute atomic E-state index is 9.39. The van der Waals surface area contributed by atoms with Crippen LogP contribution in [0, 0.1) is 5.92 Å². The lowest BCUT2D eigenvalue weighted by Crippen LogP contribution is -2.07. The minimum atomic E-state index is 0.169. The lowest BCUT2D eigenvalue weighted by molar-refractivity contribution is 0.328. The third-order valence-corrected chi connectivity index (χ3v) is 3.28. The molecule has 1 aliphatic rings. The van der Waals surface area contributed by atoms with Crippen molar-refractivity contribution >= 4 is 0 Å². The molecule has 0 saturated heterocycles. The summed E-state index contributed by atoms with van der Waals surface area (Å²) in [6.07, 6.45) is 1.20. The molecule has 1 aliphatic carbocycles. The molecule has 2 heteroatoms.